The Balaban J connectivity index is 0.000000431. The third kappa shape index (κ3) is 4.02. The van der Waals surface area contributed by atoms with Crippen molar-refractivity contribution in [2.45, 2.75) is 20.1 Å². The normalized spacial score (nSPS) is 10.7. The summed E-state index contributed by atoms with van der Waals surface area (Å²) in [5.41, 5.74) is 1.58. The molecule has 0 spiro atoms. The zero-order chi connectivity index (χ0) is 21.0. The summed E-state index contributed by atoms with van der Waals surface area (Å²) in [7, 11) is 1.55. The van der Waals surface area contributed by atoms with Crippen LogP contribution in [-0.2, 0) is 16.3 Å². The number of carboxylic acid groups (broad SMARTS) is 1. The number of methoxy groups -OCH3 is 1. The molecular formula is C21H20FN3O4. The summed E-state index contributed by atoms with van der Waals surface area (Å²) in [6, 6.07) is 13.6. The maximum absolute atomic E-state index is 13.7. The Labute approximate surface area is 165 Å². The van der Waals surface area contributed by atoms with Crippen molar-refractivity contribution in [2.24, 2.45) is 0 Å². The van der Waals surface area contributed by atoms with E-state index in [0.29, 0.717) is 22.0 Å². The molecule has 0 aliphatic heterocycles. The number of ether oxygens (including phenoxy) is 1. The summed E-state index contributed by atoms with van der Waals surface area (Å²) in [6.07, 6.45) is 1.82. The van der Waals surface area contributed by atoms with Crippen molar-refractivity contribution in [3.05, 3.63) is 70.9 Å². The van der Waals surface area contributed by atoms with E-state index in [0.717, 1.165) is 5.52 Å². The minimum atomic E-state index is -0.745. The number of para-hydroxylation sites is 1. The molecule has 2 heterocycles. The molecule has 0 fully saturated rings. The van der Waals surface area contributed by atoms with Gasteiger partial charge in [-0.1, -0.05) is 25.1 Å². The van der Waals surface area contributed by atoms with Crippen LogP contribution in [0.4, 0.5) is 4.39 Å². The van der Waals surface area contributed by atoms with Gasteiger partial charge in [-0.15, -0.1) is 0 Å². The van der Waals surface area contributed by atoms with E-state index in [1.807, 2.05) is 30.3 Å². The second-order valence-electron chi connectivity index (χ2n) is 6.21. The van der Waals surface area contributed by atoms with Gasteiger partial charge in [0.05, 0.1) is 17.4 Å². The zero-order valence-electron chi connectivity index (χ0n) is 16.0. The van der Waals surface area contributed by atoms with Crippen LogP contribution in [-0.4, -0.2) is 32.5 Å². The molecular weight excluding hydrogens is 377 g/mol. The van der Waals surface area contributed by atoms with Gasteiger partial charge in [-0.25, -0.2) is 4.39 Å². The second kappa shape index (κ2) is 8.66. The molecule has 29 heavy (non-hydrogen) atoms. The quantitative estimate of drug-likeness (QED) is 0.569. The van der Waals surface area contributed by atoms with Gasteiger partial charge >= 0.3 is 5.97 Å². The predicted molar refractivity (Wildman–Crippen MR) is 108 cm³/mol. The summed E-state index contributed by atoms with van der Waals surface area (Å²) < 4.78 is 22.0. The topological polar surface area (TPSA) is 86.3 Å². The standard InChI is InChI=1S/C18H14FN3O2.C3H6O2/c1-24-11-21-16-8-7-12(19)9-14(16)15-10-20-22(18(23)17(15)21)13-5-3-2-4-6-13;1-2-3(4)5/h2-10H,11H2,1H3;2H2,1H3,(H,4,5). The van der Waals surface area contributed by atoms with Gasteiger partial charge in [0.1, 0.15) is 18.1 Å². The second-order valence-corrected chi connectivity index (χ2v) is 6.21. The summed E-state index contributed by atoms with van der Waals surface area (Å²) >= 11 is 0. The maximum Gasteiger partial charge on any atom is 0.303 e. The van der Waals surface area contributed by atoms with Crippen LogP contribution in [0.3, 0.4) is 0 Å². The average Bonchev–Trinajstić information content (AvgIpc) is 3.03. The van der Waals surface area contributed by atoms with Crippen molar-refractivity contribution >= 4 is 27.8 Å². The molecule has 0 atom stereocenters. The number of aliphatic carboxylic acids is 1. The van der Waals surface area contributed by atoms with Crippen molar-refractivity contribution in [1.82, 2.24) is 14.3 Å². The lowest BCUT2D eigenvalue weighted by Crippen LogP contribution is -2.23. The average molecular weight is 397 g/mol. The molecule has 0 aliphatic carbocycles. The fourth-order valence-corrected chi connectivity index (χ4v) is 3.00. The Morgan fingerprint density at radius 2 is 1.86 bits per heavy atom. The Bertz CT molecular complexity index is 1220. The smallest absolute Gasteiger partial charge is 0.303 e. The van der Waals surface area contributed by atoms with Gasteiger partial charge in [0, 0.05) is 24.3 Å². The van der Waals surface area contributed by atoms with Gasteiger partial charge in [-0.2, -0.15) is 9.78 Å². The molecule has 0 saturated carbocycles. The van der Waals surface area contributed by atoms with Crippen LogP contribution in [0.1, 0.15) is 13.3 Å². The summed E-state index contributed by atoms with van der Waals surface area (Å²) in [5, 5.41) is 13.2. The molecule has 7 nitrogen and oxygen atoms in total. The molecule has 2 aromatic heterocycles. The number of hydrogen-bond acceptors (Lipinski definition) is 4. The van der Waals surface area contributed by atoms with Gasteiger partial charge in [0.2, 0.25) is 0 Å². The highest BCUT2D eigenvalue weighted by atomic mass is 19.1. The highest BCUT2D eigenvalue weighted by molar-refractivity contribution is 6.07. The summed E-state index contributed by atoms with van der Waals surface area (Å²) in [4.78, 5) is 22.4. The third-order valence-electron chi connectivity index (χ3n) is 4.32. The van der Waals surface area contributed by atoms with E-state index in [4.69, 9.17) is 9.84 Å². The Morgan fingerprint density at radius 1 is 1.17 bits per heavy atom. The van der Waals surface area contributed by atoms with E-state index in [9.17, 15) is 14.0 Å². The molecule has 2 aromatic carbocycles. The predicted octanol–water partition coefficient (Wildman–Crippen LogP) is 3.56. The van der Waals surface area contributed by atoms with Crippen molar-refractivity contribution in [2.75, 3.05) is 7.11 Å². The third-order valence-corrected chi connectivity index (χ3v) is 4.32. The van der Waals surface area contributed by atoms with Gasteiger partial charge in [0.15, 0.2) is 0 Å². The monoisotopic (exact) mass is 397 g/mol. The molecule has 150 valence electrons. The SMILES string of the molecule is CCC(=O)O.COCn1c2ccc(F)cc2c2cnn(-c3ccccc3)c(=O)c21. The van der Waals surface area contributed by atoms with Gasteiger partial charge in [-0.05, 0) is 30.3 Å². The number of rotatable bonds is 4. The molecule has 8 heteroatoms. The highest BCUT2D eigenvalue weighted by Crippen LogP contribution is 2.27. The molecule has 0 radical (unpaired) electrons. The van der Waals surface area contributed by atoms with Gasteiger partial charge < -0.3 is 14.4 Å². The van der Waals surface area contributed by atoms with E-state index in [-0.39, 0.29) is 24.5 Å². The molecule has 1 N–H and O–H groups in total. The fraction of sp³-hybridized carbons (Fsp3) is 0.190. The maximum atomic E-state index is 13.7. The van der Waals surface area contributed by atoms with E-state index >= 15 is 0 Å². The lowest BCUT2D eigenvalue weighted by atomic mass is 10.2. The molecule has 0 bridgehead atoms. The van der Waals surface area contributed by atoms with Crippen molar-refractivity contribution in [1.29, 1.82) is 0 Å². The number of fused-ring (bicyclic) bond motifs is 3. The van der Waals surface area contributed by atoms with E-state index in [2.05, 4.69) is 5.10 Å². The minimum Gasteiger partial charge on any atom is -0.481 e. The van der Waals surface area contributed by atoms with Crippen LogP contribution >= 0.6 is 0 Å². The first kappa shape index (κ1) is 20.2. The number of hydrogen-bond donors (Lipinski definition) is 1. The Kier molecular flexibility index (Phi) is 6.04. The van der Waals surface area contributed by atoms with Crippen LogP contribution < -0.4 is 5.56 Å². The minimum absolute atomic E-state index is 0.194. The Hall–Kier alpha value is -3.52. The number of benzene rings is 2. The first-order valence-corrected chi connectivity index (χ1v) is 8.93. The summed E-state index contributed by atoms with van der Waals surface area (Å²) in [6.45, 7) is 1.79. The van der Waals surface area contributed by atoms with Gasteiger partial charge in [0.25, 0.3) is 5.56 Å². The molecule has 4 rings (SSSR count). The van der Waals surface area contributed by atoms with Gasteiger partial charge in [-0.3, -0.25) is 9.59 Å². The van der Waals surface area contributed by atoms with E-state index < -0.39 is 5.97 Å². The lowest BCUT2D eigenvalue weighted by molar-refractivity contribution is -0.136. The van der Waals surface area contributed by atoms with E-state index in [1.54, 1.807) is 30.9 Å². The fourth-order valence-electron chi connectivity index (χ4n) is 3.00. The molecule has 0 unspecified atom stereocenters. The van der Waals surface area contributed by atoms with Crippen molar-refractivity contribution in [3.63, 3.8) is 0 Å². The number of carboxylic acids is 1. The zero-order valence-corrected chi connectivity index (χ0v) is 16.0. The Morgan fingerprint density at radius 3 is 2.48 bits per heavy atom. The number of carbonyl (C=O) groups is 1. The number of aromatic nitrogens is 3. The lowest BCUT2D eigenvalue weighted by Gasteiger charge is -2.07. The first-order valence-electron chi connectivity index (χ1n) is 8.93. The summed E-state index contributed by atoms with van der Waals surface area (Å²) in [5.74, 6) is -1.10. The highest BCUT2D eigenvalue weighted by Gasteiger charge is 2.17. The van der Waals surface area contributed by atoms with E-state index in [1.165, 1.54) is 16.8 Å². The first-order chi connectivity index (χ1) is 14.0. The van der Waals surface area contributed by atoms with Crippen LogP contribution in [0.2, 0.25) is 0 Å². The van der Waals surface area contributed by atoms with Crippen LogP contribution in [0, 0.1) is 5.82 Å². The van der Waals surface area contributed by atoms with Crippen molar-refractivity contribution < 1.29 is 19.0 Å². The molecule has 0 saturated heterocycles. The largest absolute Gasteiger partial charge is 0.481 e. The van der Waals surface area contributed by atoms with Crippen molar-refractivity contribution in [3.8, 4) is 5.69 Å². The van der Waals surface area contributed by atoms with Crippen LogP contribution in [0.5, 0.6) is 0 Å². The van der Waals surface area contributed by atoms with Crippen LogP contribution in [0.15, 0.2) is 59.5 Å². The molecule has 0 aliphatic rings. The van der Waals surface area contributed by atoms with Crippen LogP contribution in [0.25, 0.3) is 27.5 Å². The molecule has 0 amide bonds. The number of nitrogens with zero attached hydrogens (tertiary/aromatic N) is 3. The molecule has 4 aromatic rings. The number of halogens is 1.